The van der Waals surface area contributed by atoms with Crippen LogP contribution < -0.4 is 5.73 Å². The zero-order valence-electron chi connectivity index (χ0n) is 8.87. The summed E-state index contributed by atoms with van der Waals surface area (Å²) >= 11 is 0. The topological polar surface area (TPSA) is 55.6 Å². The van der Waals surface area contributed by atoms with Crippen molar-refractivity contribution in [1.29, 1.82) is 0 Å². The molecule has 82 valence electrons. The third-order valence-electron chi connectivity index (χ3n) is 2.60. The van der Waals surface area contributed by atoms with Crippen LogP contribution >= 0.6 is 0 Å². The van der Waals surface area contributed by atoms with Gasteiger partial charge in [0, 0.05) is 26.8 Å². The second-order valence-electron chi connectivity index (χ2n) is 3.77. The van der Waals surface area contributed by atoms with E-state index in [0.717, 1.165) is 38.8 Å². The molecule has 0 aromatic rings. The summed E-state index contributed by atoms with van der Waals surface area (Å²) in [6.45, 7) is 2.45. The van der Waals surface area contributed by atoms with Crippen LogP contribution in [-0.2, 0) is 9.53 Å². The van der Waals surface area contributed by atoms with Crippen molar-refractivity contribution < 1.29 is 9.53 Å². The van der Waals surface area contributed by atoms with E-state index in [2.05, 4.69) is 0 Å². The molecule has 4 heteroatoms. The molecule has 1 unspecified atom stereocenters. The molecule has 0 aliphatic carbocycles. The molecule has 1 rings (SSSR count). The van der Waals surface area contributed by atoms with Gasteiger partial charge in [0.1, 0.15) is 0 Å². The molecule has 0 saturated carbocycles. The normalized spacial score (nSPS) is 18.6. The highest BCUT2D eigenvalue weighted by Gasteiger charge is 2.22. The SMILES string of the molecule is COCCCC(N)C(=O)N1CCCC1. The second-order valence-corrected chi connectivity index (χ2v) is 3.77. The first-order valence-electron chi connectivity index (χ1n) is 5.29. The number of nitrogens with zero attached hydrogens (tertiary/aromatic N) is 1. The van der Waals surface area contributed by atoms with Crippen LogP contribution in [0.25, 0.3) is 0 Å². The van der Waals surface area contributed by atoms with Gasteiger partial charge in [0.2, 0.25) is 5.91 Å². The lowest BCUT2D eigenvalue weighted by molar-refractivity contribution is -0.131. The van der Waals surface area contributed by atoms with Gasteiger partial charge in [-0.3, -0.25) is 4.79 Å². The van der Waals surface area contributed by atoms with Crippen molar-refractivity contribution in [2.24, 2.45) is 5.73 Å². The molecule has 1 fully saturated rings. The molecule has 1 aliphatic heterocycles. The molecule has 0 aromatic heterocycles. The van der Waals surface area contributed by atoms with E-state index in [0.29, 0.717) is 6.61 Å². The average molecular weight is 200 g/mol. The highest BCUT2D eigenvalue weighted by molar-refractivity contribution is 5.81. The van der Waals surface area contributed by atoms with Crippen LogP contribution in [0.2, 0.25) is 0 Å². The third-order valence-corrected chi connectivity index (χ3v) is 2.60. The van der Waals surface area contributed by atoms with Crippen molar-refractivity contribution in [1.82, 2.24) is 4.90 Å². The zero-order valence-corrected chi connectivity index (χ0v) is 8.87. The van der Waals surface area contributed by atoms with Crippen molar-refractivity contribution in [2.45, 2.75) is 31.7 Å². The molecule has 1 saturated heterocycles. The molecule has 0 spiro atoms. The molecular formula is C10H20N2O2. The van der Waals surface area contributed by atoms with E-state index in [-0.39, 0.29) is 11.9 Å². The van der Waals surface area contributed by atoms with Gasteiger partial charge in [0.15, 0.2) is 0 Å². The van der Waals surface area contributed by atoms with E-state index >= 15 is 0 Å². The first kappa shape index (κ1) is 11.5. The van der Waals surface area contributed by atoms with Crippen LogP contribution in [0.4, 0.5) is 0 Å². The molecule has 1 atom stereocenters. The van der Waals surface area contributed by atoms with Crippen LogP contribution in [0.1, 0.15) is 25.7 Å². The van der Waals surface area contributed by atoms with Crippen molar-refractivity contribution in [3.05, 3.63) is 0 Å². The van der Waals surface area contributed by atoms with E-state index in [1.54, 1.807) is 7.11 Å². The number of methoxy groups -OCH3 is 1. The smallest absolute Gasteiger partial charge is 0.239 e. The Bertz CT molecular complexity index is 179. The van der Waals surface area contributed by atoms with Gasteiger partial charge in [0.05, 0.1) is 6.04 Å². The minimum atomic E-state index is -0.330. The second kappa shape index (κ2) is 5.98. The quantitative estimate of drug-likeness (QED) is 0.652. The molecular weight excluding hydrogens is 180 g/mol. The first-order chi connectivity index (χ1) is 6.75. The Morgan fingerprint density at radius 1 is 1.50 bits per heavy atom. The lowest BCUT2D eigenvalue weighted by Crippen LogP contribution is -2.42. The highest BCUT2D eigenvalue weighted by Crippen LogP contribution is 2.10. The van der Waals surface area contributed by atoms with Crippen LogP contribution in [-0.4, -0.2) is 43.7 Å². The number of ether oxygens (including phenoxy) is 1. The molecule has 14 heavy (non-hydrogen) atoms. The maximum Gasteiger partial charge on any atom is 0.239 e. The summed E-state index contributed by atoms with van der Waals surface area (Å²) in [5.74, 6) is 0.110. The maximum atomic E-state index is 11.7. The van der Waals surface area contributed by atoms with E-state index in [9.17, 15) is 4.79 Å². The number of hydrogen-bond acceptors (Lipinski definition) is 3. The minimum absolute atomic E-state index is 0.110. The fraction of sp³-hybridized carbons (Fsp3) is 0.900. The minimum Gasteiger partial charge on any atom is -0.385 e. The predicted molar refractivity (Wildman–Crippen MR) is 54.9 cm³/mol. The number of amides is 1. The summed E-state index contributed by atoms with van der Waals surface area (Å²) < 4.78 is 4.92. The van der Waals surface area contributed by atoms with Gasteiger partial charge in [-0.05, 0) is 25.7 Å². The first-order valence-corrected chi connectivity index (χ1v) is 5.29. The molecule has 1 heterocycles. The Morgan fingerprint density at radius 3 is 2.71 bits per heavy atom. The fourth-order valence-electron chi connectivity index (χ4n) is 1.74. The number of likely N-dealkylation sites (tertiary alicyclic amines) is 1. The van der Waals surface area contributed by atoms with Gasteiger partial charge < -0.3 is 15.4 Å². The standard InChI is InChI=1S/C10H20N2O2/c1-14-8-4-5-9(11)10(13)12-6-2-3-7-12/h9H,2-8,11H2,1H3. The van der Waals surface area contributed by atoms with Gasteiger partial charge in [-0.1, -0.05) is 0 Å². The van der Waals surface area contributed by atoms with E-state index in [1.807, 2.05) is 4.90 Å². The number of carbonyl (C=O) groups excluding carboxylic acids is 1. The Morgan fingerprint density at radius 2 is 2.14 bits per heavy atom. The van der Waals surface area contributed by atoms with Gasteiger partial charge in [0.25, 0.3) is 0 Å². The molecule has 1 amide bonds. The van der Waals surface area contributed by atoms with Crippen LogP contribution in [0, 0.1) is 0 Å². The number of carbonyl (C=O) groups is 1. The lowest BCUT2D eigenvalue weighted by Gasteiger charge is -2.19. The van der Waals surface area contributed by atoms with Gasteiger partial charge in [-0.15, -0.1) is 0 Å². The van der Waals surface area contributed by atoms with Crippen molar-refractivity contribution in [2.75, 3.05) is 26.8 Å². The molecule has 4 nitrogen and oxygen atoms in total. The van der Waals surface area contributed by atoms with Crippen molar-refractivity contribution in [3.8, 4) is 0 Å². The summed E-state index contributed by atoms with van der Waals surface area (Å²) in [4.78, 5) is 13.6. The van der Waals surface area contributed by atoms with Crippen LogP contribution in [0.3, 0.4) is 0 Å². The largest absolute Gasteiger partial charge is 0.385 e. The Kier molecular flexibility index (Phi) is 4.90. The van der Waals surface area contributed by atoms with Crippen molar-refractivity contribution >= 4 is 5.91 Å². The summed E-state index contributed by atoms with van der Waals surface area (Å²) in [5, 5.41) is 0. The molecule has 0 radical (unpaired) electrons. The van der Waals surface area contributed by atoms with Gasteiger partial charge in [-0.2, -0.15) is 0 Å². The van der Waals surface area contributed by atoms with Crippen molar-refractivity contribution in [3.63, 3.8) is 0 Å². The van der Waals surface area contributed by atoms with E-state index in [4.69, 9.17) is 10.5 Å². The predicted octanol–water partition coefficient (Wildman–Crippen LogP) is 0.363. The monoisotopic (exact) mass is 200 g/mol. The average Bonchev–Trinajstić information content (AvgIpc) is 2.69. The summed E-state index contributed by atoms with van der Waals surface area (Å²) in [5.41, 5.74) is 5.79. The Hall–Kier alpha value is -0.610. The number of nitrogens with two attached hydrogens (primary N) is 1. The van der Waals surface area contributed by atoms with E-state index < -0.39 is 0 Å². The Labute approximate surface area is 85.4 Å². The molecule has 2 N–H and O–H groups in total. The van der Waals surface area contributed by atoms with Gasteiger partial charge >= 0.3 is 0 Å². The van der Waals surface area contributed by atoms with Gasteiger partial charge in [-0.25, -0.2) is 0 Å². The lowest BCUT2D eigenvalue weighted by atomic mass is 10.1. The summed E-state index contributed by atoms with van der Waals surface area (Å²) in [7, 11) is 1.66. The molecule has 0 aromatic carbocycles. The molecule has 0 bridgehead atoms. The third kappa shape index (κ3) is 3.27. The fourth-order valence-corrected chi connectivity index (χ4v) is 1.74. The maximum absolute atomic E-state index is 11.7. The molecule has 1 aliphatic rings. The zero-order chi connectivity index (χ0) is 10.4. The Balaban J connectivity index is 2.21. The number of hydrogen-bond donors (Lipinski definition) is 1. The van der Waals surface area contributed by atoms with Crippen LogP contribution in [0.5, 0.6) is 0 Å². The summed E-state index contributed by atoms with van der Waals surface area (Å²) in [6, 6.07) is -0.330. The summed E-state index contributed by atoms with van der Waals surface area (Å²) in [6.07, 6.45) is 3.83. The van der Waals surface area contributed by atoms with Crippen LogP contribution in [0.15, 0.2) is 0 Å². The number of rotatable bonds is 5. The van der Waals surface area contributed by atoms with E-state index in [1.165, 1.54) is 0 Å². The highest BCUT2D eigenvalue weighted by atomic mass is 16.5.